The number of hydrogen-bond acceptors (Lipinski definition) is 7. The highest BCUT2D eigenvalue weighted by molar-refractivity contribution is 5.52. The summed E-state index contributed by atoms with van der Waals surface area (Å²) in [6.07, 6.45) is 3.55. The van der Waals surface area contributed by atoms with Crippen LogP contribution in [0.1, 0.15) is 19.0 Å². The second kappa shape index (κ2) is 5.38. The smallest absolute Gasteiger partial charge is 0.334 e. The molecule has 0 aliphatic rings. The first kappa shape index (κ1) is 12.9. The number of nitrogens with zero attached hydrogens (tertiary/aromatic N) is 6. The molecule has 0 aromatic carbocycles. The number of anilines is 1. The monoisotopic (exact) mass is 263 g/mol. The van der Waals surface area contributed by atoms with Crippen molar-refractivity contribution < 1.29 is 4.92 Å². The maximum absolute atomic E-state index is 11.1. The van der Waals surface area contributed by atoms with Crippen LogP contribution in [0.15, 0.2) is 12.7 Å². The normalized spacial score (nSPS) is 10.4. The number of nitro groups is 1. The van der Waals surface area contributed by atoms with E-state index in [1.54, 1.807) is 6.92 Å². The van der Waals surface area contributed by atoms with Gasteiger partial charge in [-0.2, -0.15) is 14.8 Å². The molecule has 0 aliphatic heterocycles. The van der Waals surface area contributed by atoms with E-state index in [0.717, 1.165) is 6.42 Å². The van der Waals surface area contributed by atoms with Gasteiger partial charge in [0.1, 0.15) is 18.3 Å². The number of aryl methyl sites for hydroxylation is 1. The van der Waals surface area contributed by atoms with Gasteiger partial charge in [-0.25, -0.2) is 9.97 Å². The average molecular weight is 263 g/mol. The topological polar surface area (TPSA) is 112 Å². The van der Waals surface area contributed by atoms with E-state index in [9.17, 15) is 10.1 Å². The van der Waals surface area contributed by atoms with Crippen LogP contribution in [0, 0.1) is 17.0 Å². The molecule has 0 fully saturated rings. The molecule has 2 aromatic heterocycles. The lowest BCUT2D eigenvalue weighted by Crippen LogP contribution is -2.12. The molecule has 0 amide bonds. The molecule has 1 N–H and O–H groups in total. The Morgan fingerprint density at radius 3 is 2.84 bits per heavy atom. The summed E-state index contributed by atoms with van der Waals surface area (Å²) in [5.74, 6) is 0.448. The molecule has 100 valence electrons. The lowest BCUT2D eigenvalue weighted by atomic mass is 10.3. The molecule has 2 rings (SSSR count). The summed E-state index contributed by atoms with van der Waals surface area (Å²) >= 11 is 0. The van der Waals surface area contributed by atoms with E-state index in [0.29, 0.717) is 12.5 Å². The molecule has 2 heterocycles. The Labute approximate surface area is 108 Å². The lowest BCUT2D eigenvalue weighted by Gasteiger charge is -2.08. The SMILES string of the molecule is CCCNc1nc(C)c([N+](=O)[O-])c(-n2cncn2)n1. The van der Waals surface area contributed by atoms with Crippen LogP contribution in [-0.4, -0.2) is 36.2 Å². The third-order valence-corrected chi connectivity index (χ3v) is 2.39. The Morgan fingerprint density at radius 1 is 1.47 bits per heavy atom. The third-order valence-electron chi connectivity index (χ3n) is 2.39. The van der Waals surface area contributed by atoms with E-state index in [1.807, 2.05) is 6.92 Å². The predicted molar refractivity (Wildman–Crippen MR) is 67.1 cm³/mol. The largest absolute Gasteiger partial charge is 0.354 e. The van der Waals surface area contributed by atoms with Crippen molar-refractivity contribution in [3.63, 3.8) is 0 Å². The summed E-state index contributed by atoms with van der Waals surface area (Å²) in [7, 11) is 0. The fourth-order valence-corrected chi connectivity index (χ4v) is 1.56. The quantitative estimate of drug-likeness (QED) is 0.634. The van der Waals surface area contributed by atoms with E-state index in [2.05, 4.69) is 25.4 Å². The lowest BCUT2D eigenvalue weighted by molar-refractivity contribution is -0.385. The third kappa shape index (κ3) is 2.64. The van der Waals surface area contributed by atoms with Crippen molar-refractivity contribution in [3.05, 3.63) is 28.5 Å². The maximum Gasteiger partial charge on any atom is 0.334 e. The molecule has 0 bridgehead atoms. The summed E-state index contributed by atoms with van der Waals surface area (Å²) in [6, 6.07) is 0. The van der Waals surface area contributed by atoms with Gasteiger partial charge < -0.3 is 5.32 Å². The van der Waals surface area contributed by atoms with Gasteiger partial charge in [-0.1, -0.05) is 6.92 Å². The summed E-state index contributed by atoms with van der Waals surface area (Å²) in [5.41, 5.74) is 0.108. The highest BCUT2D eigenvalue weighted by Crippen LogP contribution is 2.24. The molecular weight excluding hydrogens is 250 g/mol. The van der Waals surface area contributed by atoms with Crippen LogP contribution in [-0.2, 0) is 0 Å². The van der Waals surface area contributed by atoms with E-state index in [-0.39, 0.29) is 17.2 Å². The minimum atomic E-state index is -0.518. The molecule has 0 spiro atoms. The van der Waals surface area contributed by atoms with Gasteiger partial charge in [0, 0.05) is 6.54 Å². The molecule has 9 heteroatoms. The van der Waals surface area contributed by atoms with E-state index in [1.165, 1.54) is 17.3 Å². The first-order valence-corrected chi connectivity index (χ1v) is 5.75. The van der Waals surface area contributed by atoms with E-state index in [4.69, 9.17) is 0 Å². The van der Waals surface area contributed by atoms with Gasteiger partial charge in [0.25, 0.3) is 0 Å². The van der Waals surface area contributed by atoms with Crippen molar-refractivity contribution in [1.82, 2.24) is 24.7 Å². The molecule has 2 aromatic rings. The summed E-state index contributed by atoms with van der Waals surface area (Å²) in [5, 5.41) is 18.0. The molecule has 0 saturated carbocycles. The van der Waals surface area contributed by atoms with Crippen LogP contribution in [0.5, 0.6) is 0 Å². The minimum Gasteiger partial charge on any atom is -0.354 e. The van der Waals surface area contributed by atoms with Crippen LogP contribution in [0.25, 0.3) is 5.82 Å². The second-order valence-corrected chi connectivity index (χ2v) is 3.83. The Morgan fingerprint density at radius 2 is 2.26 bits per heavy atom. The van der Waals surface area contributed by atoms with Gasteiger partial charge in [0.05, 0.1) is 4.92 Å². The van der Waals surface area contributed by atoms with Crippen molar-refractivity contribution in [3.8, 4) is 5.82 Å². The average Bonchev–Trinajstić information content (AvgIpc) is 2.88. The first-order chi connectivity index (χ1) is 9.13. The number of hydrogen-bond donors (Lipinski definition) is 1. The van der Waals surface area contributed by atoms with Gasteiger partial charge in [-0.05, 0) is 13.3 Å². The maximum atomic E-state index is 11.1. The molecular formula is C10H13N7O2. The molecule has 0 aliphatic carbocycles. The van der Waals surface area contributed by atoms with Crippen LogP contribution >= 0.6 is 0 Å². The highest BCUT2D eigenvalue weighted by Gasteiger charge is 2.23. The number of aromatic nitrogens is 5. The fourth-order valence-electron chi connectivity index (χ4n) is 1.56. The molecule has 0 radical (unpaired) electrons. The van der Waals surface area contributed by atoms with Crippen molar-refractivity contribution in [2.24, 2.45) is 0 Å². The Balaban J connectivity index is 2.53. The predicted octanol–water partition coefficient (Wildman–Crippen LogP) is 1.10. The highest BCUT2D eigenvalue weighted by atomic mass is 16.6. The van der Waals surface area contributed by atoms with Gasteiger partial charge >= 0.3 is 5.69 Å². The summed E-state index contributed by atoms with van der Waals surface area (Å²) in [4.78, 5) is 22.6. The first-order valence-electron chi connectivity index (χ1n) is 5.75. The van der Waals surface area contributed by atoms with Crippen molar-refractivity contribution in [2.45, 2.75) is 20.3 Å². The Bertz CT molecular complexity index is 582. The molecule has 9 nitrogen and oxygen atoms in total. The number of rotatable bonds is 5. The summed E-state index contributed by atoms with van der Waals surface area (Å²) < 4.78 is 1.25. The van der Waals surface area contributed by atoms with Gasteiger partial charge in [-0.3, -0.25) is 10.1 Å². The zero-order valence-corrected chi connectivity index (χ0v) is 10.6. The Kier molecular flexibility index (Phi) is 3.64. The van der Waals surface area contributed by atoms with Crippen LogP contribution in [0.2, 0.25) is 0 Å². The molecule has 0 atom stereocenters. The summed E-state index contributed by atoms with van der Waals surface area (Å²) in [6.45, 7) is 4.26. The van der Waals surface area contributed by atoms with Gasteiger partial charge in [0.15, 0.2) is 0 Å². The van der Waals surface area contributed by atoms with Crippen LogP contribution in [0.3, 0.4) is 0 Å². The van der Waals surface area contributed by atoms with Crippen LogP contribution < -0.4 is 5.32 Å². The second-order valence-electron chi connectivity index (χ2n) is 3.83. The van der Waals surface area contributed by atoms with Gasteiger partial charge in [-0.15, -0.1) is 0 Å². The molecule has 0 unspecified atom stereocenters. The van der Waals surface area contributed by atoms with Crippen LogP contribution in [0.4, 0.5) is 11.6 Å². The zero-order chi connectivity index (χ0) is 13.8. The number of nitrogens with one attached hydrogen (secondary N) is 1. The van der Waals surface area contributed by atoms with Crippen molar-refractivity contribution in [1.29, 1.82) is 0 Å². The van der Waals surface area contributed by atoms with E-state index < -0.39 is 4.92 Å². The van der Waals surface area contributed by atoms with Gasteiger partial charge in [0.2, 0.25) is 11.8 Å². The van der Waals surface area contributed by atoms with E-state index >= 15 is 0 Å². The molecule has 0 saturated heterocycles. The fraction of sp³-hybridized carbons (Fsp3) is 0.400. The standard InChI is InChI=1S/C10H13N7O2/c1-3-4-12-10-14-7(2)8(17(18)19)9(15-10)16-6-11-5-13-16/h5-6H,3-4H2,1-2H3,(H,12,14,15). The van der Waals surface area contributed by atoms with Crippen molar-refractivity contribution in [2.75, 3.05) is 11.9 Å². The van der Waals surface area contributed by atoms with Crippen molar-refractivity contribution >= 4 is 11.6 Å². The molecule has 19 heavy (non-hydrogen) atoms. The minimum absolute atomic E-state index is 0.105. The zero-order valence-electron chi connectivity index (χ0n) is 10.6. The Hall–Kier alpha value is -2.58.